The van der Waals surface area contributed by atoms with Crippen molar-refractivity contribution in [2.24, 2.45) is 0 Å². The first-order chi connectivity index (χ1) is 52.0. The minimum atomic E-state index is -0.0464. The molecule has 0 fully saturated rings. The molecule has 0 atom stereocenters. The number of ether oxygens (including phenoxy) is 3. The van der Waals surface area contributed by atoms with Gasteiger partial charge in [0.05, 0.1) is 0 Å². The molecule has 0 amide bonds. The predicted octanol–water partition coefficient (Wildman–Crippen LogP) is 34.1. The van der Waals surface area contributed by atoms with Gasteiger partial charge in [0.25, 0.3) is 0 Å². The van der Waals surface area contributed by atoms with Gasteiger partial charge < -0.3 is 14.2 Å². The molecule has 624 valence electrons. The average molecular weight is 1500 g/mol. The lowest BCUT2D eigenvalue weighted by Gasteiger charge is -2.05. The SMILES string of the molecule is CCCCCCCCCCCCCC(=O)OC/C=C(\C)CC/C=C(\C)CC/C=C(\C)CCC=C(C)C.CCCCCCCCCCCCCC(=O)OC/C=C(\C)CC/C=C(\C)CC/C=C(\C)CCC=C(C)C.CCCCCCCCCCCCCC(=O)OC/C=C(\C)CC/C=C(\C)CC/C=C(\C)CCC=C(C)C. The van der Waals surface area contributed by atoms with Crippen LogP contribution < -0.4 is 0 Å². The fraction of sp³-hybridized carbons (Fsp3) is 0.735. The van der Waals surface area contributed by atoms with Gasteiger partial charge in [0.1, 0.15) is 19.8 Å². The number of hydrogen-bond donors (Lipinski definition) is 0. The Morgan fingerprint density at radius 2 is 0.315 bits per heavy atom. The maximum Gasteiger partial charge on any atom is 0.306 e. The average Bonchev–Trinajstić information content (AvgIpc) is 1.10. The van der Waals surface area contributed by atoms with Crippen molar-refractivity contribution in [3.8, 4) is 0 Å². The minimum absolute atomic E-state index is 0.0464. The summed E-state index contributed by atoms with van der Waals surface area (Å²) in [4.78, 5) is 35.9. The van der Waals surface area contributed by atoms with Crippen LogP contribution in [0.1, 0.15) is 471 Å². The van der Waals surface area contributed by atoms with Gasteiger partial charge in [0.15, 0.2) is 0 Å². The van der Waals surface area contributed by atoms with Crippen molar-refractivity contribution in [1.82, 2.24) is 0 Å². The van der Waals surface area contributed by atoms with Gasteiger partial charge in [-0.25, -0.2) is 0 Å². The molecule has 6 nitrogen and oxygen atoms in total. The van der Waals surface area contributed by atoms with Crippen molar-refractivity contribution in [1.29, 1.82) is 0 Å². The molecule has 0 spiro atoms. The summed E-state index contributed by atoms with van der Waals surface area (Å²) < 4.78 is 16.2. The third-order valence-corrected chi connectivity index (χ3v) is 20.4. The number of esters is 3. The highest BCUT2D eigenvalue weighted by molar-refractivity contribution is 5.70. The van der Waals surface area contributed by atoms with Crippen molar-refractivity contribution in [2.75, 3.05) is 19.8 Å². The Morgan fingerprint density at radius 3 is 0.472 bits per heavy atom. The summed E-state index contributed by atoms with van der Waals surface area (Å²) in [5, 5.41) is 0. The van der Waals surface area contributed by atoms with Crippen LogP contribution in [0.25, 0.3) is 0 Å². The molecular formula is C102H180O6. The highest BCUT2D eigenvalue weighted by Gasteiger charge is 2.07. The first-order valence-electron chi connectivity index (χ1n) is 45.3. The molecule has 108 heavy (non-hydrogen) atoms. The highest BCUT2D eigenvalue weighted by Crippen LogP contribution is 2.21. The maximum atomic E-state index is 12.0. The molecule has 0 N–H and O–H groups in total. The van der Waals surface area contributed by atoms with E-state index in [1.54, 1.807) is 0 Å². The zero-order chi connectivity index (χ0) is 80.6. The summed E-state index contributed by atoms with van der Waals surface area (Å²) in [5.74, 6) is -0.139. The van der Waals surface area contributed by atoms with Crippen LogP contribution in [0, 0.1) is 0 Å². The number of carbonyl (C=O) groups is 3. The van der Waals surface area contributed by atoms with Crippen LogP contribution >= 0.6 is 0 Å². The van der Waals surface area contributed by atoms with E-state index in [0.717, 1.165) is 135 Å². The Bertz CT molecular complexity index is 2250. The molecule has 0 saturated carbocycles. The van der Waals surface area contributed by atoms with Crippen LogP contribution in [0.15, 0.2) is 140 Å². The molecule has 0 unspecified atom stereocenters. The number of carbonyl (C=O) groups excluding carboxylic acids is 3. The molecule has 0 bridgehead atoms. The topological polar surface area (TPSA) is 78.9 Å². The fourth-order valence-electron chi connectivity index (χ4n) is 12.8. The zero-order valence-electron chi connectivity index (χ0n) is 75.2. The first-order valence-corrected chi connectivity index (χ1v) is 45.3. The first kappa shape index (κ1) is 107. The number of hydrogen-bond acceptors (Lipinski definition) is 6. The van der Waals surface area contributed by atoms with Gasteiger partial charge in [-0.05, 0) is 257 Å². The number of allylic oxidation sites excluding steroid dienone is 21. The van der Waals surface area contributed by atoms with Crippen LogP contribution in [0.3, 0.4) is 0 Å². The molecule has 0 aliphatic carbocycles. The van der Waals surface area contributed by atoms with E-state index in [-0.39, 0.29) is 17.9 Å². The Morgan fingerprint density at radius 1 is 0.176 bits per heavy atom. The summed E-state index contributed by atoms with van der Waals surface area (Å²) in [5.41, 5.74) is 17.0. The van der Waals surface area contributed by atoms with Gasteiger partial charge in [-0.3, -0.25) is 14.4 Å². The van der Waals surface area contributed by atoms with E-state index in [1.165, 1.54) is 260 Å². The lowest BCUT2D eigenvalue weighted by atomic mass is 10.0. The Hall–Kier alpha value is -4.71. The van der Waals surface area contributed by atoms with E-state index in [1.807, 2.05) is 0 Å². The van der Waals surface area contributed by atoms with Gasteiger partial charge in [-0.2, -0.15) is 0 Å². The second-order valence-electron chi connectivity index (χ2n) is 33.1. The normalized spacial score (nSPS) is 12.7. The molecule has 0 heterocycles. The predicted molar refractivity (Wildman–Crippen MR) is 481 cm³/mol. The Kier molecular flexibility index (Phi) is 82.8. The lowest BCUT2D eigenvalue weighted by molar-refractivity contribution is -0.143. The summed E-state index contributed by atoms with van der Waals surface area (Å²) in [6.45, 7) is 40.9. The van der Waals surface area contributed by atoms with Crippen LogP contribution in [0.2, 0.25) is 0 Å². The standard InChI is InChI=1S/3C34H60O2/c3*1-7-8-9-10-11-12-13-14-15-16-17-27-34(35)36-29-28-33(6)26-20-25-32(5)24-19-23-31(4)22-18-21-30(2)3/h3*21,23,25,28H,7-20,22,24,26-27,29H2,1-6H3/b3*31-23+,32-25+,33-28+. The van der Waals surface area contributed by atoms with E-state index in [9.17, 15) is 14.4 Å². The van der Waals surface area contributed by atoms with Gasteiger partial charge in [0, 0.05) is 19.3 Å². The fourth-order valence-corrected chi connectivity index (χ4v) is 12.8. The third kappa shape index (κ3) is 90.2. The van der Waals surface area contributed by atoms with Crippen LogP contribution in [-0.2, 0) is 28.6 Å². The van der Waals surface area contributed by atoms with Gasteiger partial charge in [0.2, 0.25) is 0 Å². The molecule has 6 heteroatoms. The highest BCUT2D eigenvalue weighted by atomic mass is 16.5. The van der Waals surface area contributed by atoms with E-state index in [2.05, 4.69) is 198 Å². The third-order valence-electron chi connectivity index (χ3n) is 20.4. The molecule has 0 aromatic carbocycles. The van der Waals surface area contributed by atoms with E-state index in [0.29, 0.717) is 39.1 Å². The van der Waals surface area contributed by atoms with Crippen LogP contribution in [-0.4, -0.2) is 37.7 Å². The molecule has 0 aliphatic heterocycles. The zero-order valence-corrected chi connectivity index (χ0v) is 75.2. The van der Waals surface area contributed by atoms with Crippen molar-refractivity contribution in [3.63, 3.8) is 0 Å². The summed E-state index contributed by atoms with van der Waals surface area (Å²) in [6.07, 6.45) is 92.1. The van der Waals surface area contributed by atoms with Crippen molar-refractivity contribution >= 4 is 17.9 Å². The van der Waals surface area contributed by atoms with Crippen molar-refractivity contribution in [3.05, 3.63) is 140 Å². The molecular weight excluding hydrogens is 1320 g/mol. The molecule has 0 radical (unpaired) electrons. The summed E-state index contributed by atoms with van der Waals surface area (Å²) >= 11 is 0. The molecule has 0 aliphatic rings. The maximum absolute atomic E-state index is 12.0. The Balaban J connectivity index is -0.00000153. The summed E-state index contributed by atoms with van der Waals surface area (Å²) in [6, 6.07) is 0. The monoisotopic (exact) mass is 1500 g/mol. The van der Waals surface area contributed by atoms with E-state index < -0.39 is 0 Å². The minimum Gasteiger partial charge on any atom is -0.461 e. The van der Waals surface area contributed by atoms with Gasteiger partial charge >= 0.3 is 17.9 Å². The van der Waals surface area contributed by atoms with Crippen molar-refractivity contribution < 1.29 is 28.6 Å². The molecule has 0 rings (SSSR count). The lowest BCUT2D eigenvalue weighted by Crippen LogP contribution is -2.04. The van der Waals surface area contributed by atoms with Crippen LogP contribution in [0.5, 0.6) is 0 Å². The smallest absolute Gasteiger partial charge is 0.306 e. The number of unbranched alkanes of at least 4 members (excludes halogenated alkanes) is 30. The second kappa shape index (κ2) is 83.2. The summed E-state index contributed by atoms with van der Waals surface area (Å²) in [7, 11) is 0. The van der Waals surface area contributed by atoms with E-state index >= 15 is 0 Å². The largest absolute Gasteiger partial charge is 0.461 e. The van der Waals surface area contributed by atoms with Crippen molar-refractivity contribution in [2.45, 2.75) is 471 Å². The van der Waals surface area contributed by atoms with Crippen LogP contribution in [0.4, 0.5) is 0 Å². The molecule has 0 aromatic heterocycles. The Labute approximate surface area is 673 Å². The quantitative estimate of drug-likeness (QED) is 0.0261. The van der Waals surface area contributed by atoms with E-state index in [4.69, 9.17) is 14.2 Å². The molecule has 0 saturated heterocycles. The second-order valence-corrected chi connectivity index (χ2v) is 33.1. The molecule has 0 aromatic rings. The van der Waals surface area contributed by atoms with Gasteiger partial charge in [-0.1, -0.05) is 335 Å². The number of rotatable bonds is 69. The van der Waals surface area contributed by atoms with Gasteiger partial charge in [-0.15, -0.1) is 0 Å².